The van der Waals surface area contributed by atoms with Crippen molar-refractivity contribution in [2.75, 3.05) is 0 Å². The molecule has 0 N–H and O–H groups in total. The Hall–Kier alpha value is 0.189. The van der Waals surface area contributed by atoms with E-state index < -0.39 is 13.8 Å². The van der Waals surface area contributed by atoms with Gasteiger partial charge in [-0.1, -0.05) is 0 Å². The Morgan fingerprint density at radius 1 is 0.875 bits per heavy atom. The van der Waals surface area contributed by atoms with Crippen LogP contribution >= 0.6 is 25.5 Å². The van der Waals surface area contributed by atoms with Gasteiger partial charge >= 0.3 is 168 Å². The Bertz CT molecular complexity index is 782. The van der Waals surface area contributed by atoms with Gasteiger partial charge in [-0.25, -0.2) is 0 Å². The van der Waals surface area contributed by atoms with Crippen LogP contribution in [0.4, 0.5) is 0 Å². The van der Waals surface area contributed by atoms with E-state index in [9.17, 15) is 0 Å². The second kappa shape index (κ2) is 8.72. The van der Waals surface area contributed by atoms with E-state index in [1.54, 1.807) is 8.05 Å². The molecule has 0 aliphatic carbocycles. The molecule has 0 radical (unpaired) electrons. The molecule has 0 atom stereocenters. The van der Waals surface area contributed by atoms with Crippen LogP contribution < -0.4 is 3.61 Å². The van der Waals surface area contributed by atoms with Gasteiger partial charge in [-0.15, -0.1) is 0 Å². The number of rotatable bonds is 6. The summed E-state index contributed by atoms with van der Waals surface area (Å²) in [6, 6.07) is 24.3. The Morgan fingerprint density at radius 3 is 2.04 bits per heavy atom. The summed E-state index contributed by atoms with van der Waals surface area (Å²) in [5.41, 5.74) is 2.76. The predicted octanol–water partition coefficient (Wildman–Crippen LogP) is 6.32. The normalized spacial score (nSPS) is 12.3. The first kappa shape index (κ1) is 19.0. The van der Waals surface area contributed by atoms with Crippen molar-refractivity contribution < 1.29 is 0 Å². The summed E-state index contributed by atoms with van der Waals surface area (Å²) in [7, 11) is 0. The monoisotopic (exact) mass is 628 g/mol. The molecule has 3 aromatic rings. The third-order valence-corrected chi connectivity index (χ3v) is 21.4. The van der Waals surface area contributed by atoms with Crippen molar-refractivity contribution in [2.45, 2.75) is 24.2 Å². The van der Waals surface area contributed by atoms with Crippen molar-refractivity contribution in [1.29, 1.82) is 0 Å². The predicted molar refractivity (Wildman–Crippen MR) is 117 cm³/mol. The average molecular weight is 627 g/mol. The summed E-state index contributed by atoms with van der Waals surface area (Å²) in [6.45, 7) is 2.27. The number of halogens is 2. The van der Waals surface area contributed by atoms with Gasteiger partial charge in [0.25, 0.3) is 0 Å². The fraction of sp³-hybridized carbons (Fsp3) is 0.200. The molecule has 0 amide bonds. The van der Waals surface area contributed by atoms with Crippen molar-refractivity contribution >= 4 is 57.4 Å². The summed E-state index contributed by atoms with van der Waals surface area (Å²) in [5, 5.41) is 0. The molecule has 24 heavy (non-hydrogen) atoms. The molecule has 3 rings (SSSR count). The van der Waals surface area contributed by atoms with E-state index in [0.29, 0.717) is 14.5 Å². The van der Waals surface area contributed by atoms with Crippen LogP contribution in [0.3, 0.4) is 0 Å². The Kier molecular flexibility index (Phi) is 6.89. The third-order valence-electron chi connectivity index (χ3n) is 3.87. The summed E-state index contributed by atoms with van der Waals surface area (Å²) in [5.74, 6) is 0. The topological polar surface area (TPSA) is 0 Å². The molecule has 0 fully saturated rings. The van der Waals surface area contributed by atoms with E-state index in [4.69, 9.17) is 0 Å². The first-order valence-corrected chi connectivity index (χ1v) is 23.0. The third kappa shape index (κ3) is 4.47. The number of benzene rings is 2. The van der Waals surface area contributed by atoms with Gasteiger partial charge in [0.1, 0.15) is 0 Å². The molecular formula is C20H20Br2SeTe. The average Bonchev–Trinajstić information content (AvgIpc) is 3.08. The van der Waals surface area contributed by atoms with Gasteiger partial charge in [0.15, 0.2) is 0 Å². The van der Waals surface area contributed by atoms with Gasteiger partial charge in [-0.3, -0.25) is 0 Å². The summed E-state index contributed by atoms with van der Waals surface area (Å²) >= 11 is 6.32. The number of hydrogen-bond acceptors (Lipinski definition) is 0. The Balaban J connectivity index is 2.10. The first-order valence-electron chi connectivity index (χ1n) is 8.07. The standard InChI is InChI=1S/C20H20Br2SeTe/c1-2-3-14-24(21,22)19-15-18(16-10-6-4-7-11-16)23-20(19)17-12-8-5-9-13-17/h4-13,15H,2-3,14H2,1H3. The quantitative estimate of drug-likeness (QED) is 0.281. The molecule has 126 valence electrons. The molecule has 4 heteroatoms. The maximum atomic E-state index is 4.16. The summed E-state index contributed by atoms with van der Waals surface area (Å²) in [4.78, 5) is 0. The molecule has 0 aliphatic rings. The number of unbranched alkanes of at least 4 members (excludes halogenated alkanes) is 1. The van der Waals surface area contributed by atoms with Crippen LogP contribution in [0, 0.1) is 0 Å². The Morgan fingerprint density at radius 2 is 1.46 bits per heavy atom. The molecule has 0 spiro atoms. The van der Waals surface area contributed by atoms with Crippen LogP contribution in [-0.2, 0) is 0 Å². The molecule has 0 saturated heterocycles. The van der Waals surface area contributed by atoms with Crippen LogP contribution in [0.25, 0.3) is 20.0 Å². The second-order valence-electron chi connectivity index (χ2n) is 5.67. The van der Waals surface area contributed by atoms with E-state index in [2.05, 4.69) is 99.2 Å². The zero-order valence-electron chi connectivity index (χ0n) is 13.5. The zero-order chi connectivity index (χ0) is 17.0. The molecule has 1 aromatic heterocycles. The van der Waals surface area contributed by atoms with Crippen LogP contribution in [0.5, 0.6) is 0 Å². The van der Waals surface area contributed by atoms with Gasteiger partial charge in [-0.05, 0) is 0 Å². The van der Waals surface area contributed by atoms with Crippen LogP contribution in [-0.4, -0.2) is 28.3 Å². The molecule has 0 bridgehead atoms. The molecule has 0 saturated carbocycles. The summed E-state index contributed by atoms with van der Waals surface area (Å²) in [6.07, 6.45) is 2.53. The minimum atomic E-state index is -2.37. The second-order valence-corrected chi connectivity index (χ2v) is 34.2. The van der Waals surface area contributed by atoms with Gasteiger partial charge < -0.3 is 0 Å². The van der Waals surface area contributed by atoms with Crippen molar-refractivity contribution in [1.82, 2.24) is 0 Å². The SMILES string of the molecule is CCCC[Te](Br)(Br)c1cc(-c2ccccc2)[se]c1-c1ccccc1. The fourth-order valence-corrected chi connectivity index (χ4v) is 22.1. The zero-order valence-corrected chi connectivity index (χ0v) is 20.8. The molecule has 1 heterocycles. The molecular weight excluding hydrogens is 607 g/mol. The molecule has 0 aliphatic heterocycles. The molecule has 2 aromatic carbocycles. The van der Waals surface area contributed by atoms with Crippen molar-refractivity contribution in [3.8, 4) is 20.0 Å². The number of hydrogen-bond donors (Lipinski definition) is 0. The first-order chi connectivity index (χ1) is 11.6. The van der Waals surface area contributed by atoms with Gasteiger partial charge in [0.2, 0.25) is 0 Å². The van der Waals surface area contributed by atoms with Gasteiger partial charge in [0, 0.05) is 0 Å². The van der Waals surface area contributed by atoms with Crippen LogP contribution in [0.1, 0.15) is 19.8 Å². The van der Waals surface area contributed by atoms with Crippen molar-refractivity contribution in [3.63, 3.8) is 0 Å². The van der Waals surface area contributed by atoms with E-state index in [1.807, 2.05) is 0 Å². The van der Waals surface area contributed by atoms with Crippen LogP contribution in [0.15, 0.2) is 66.7 Å². The summed E-state index contributed by atoms with van der Waals surface area (Å²) < 4.78 is 5.92. The Labute approximate surface area is 166 Å². The van der Waals surface area contributed by atoms with Crippen molar-refractivity contribution in [3.05, 3.63) is 66.7 Å². The van der Waals surface area contributed by atoms with E-state index >= 15 is 0 Å². The van der Waals surface area contributed by atoms with Crippen molar-refractivity contribution in [2.24, 2.45) is 0 Å². The van der Waals surface area contributed by atoms with E-state index in [-0.39, 0.29) is 0 Å². The van der Waals surface area contributed by atoms with Gasteiger partial charge in [0.05, 0.1) is 0 Å². The van der Waals surface area contributed by atoms with Gasteiger partial charge in [-0.2, -0.15) is 0 Å². The van der Waals surface area contributed by atoms with E-state index in [0.717, 1.165) is 0 Å². The van der Waals surface area contributed by atoms with Crippen LogP contribution in [0.2, 0.25) is 4.47 Å². The minimum absolute atomic E-state index is 0.364. The maximum absolute atomic E-state index is 4.16. The molecule has 0 unspecified atom stereocenters. The fourth-order valence-electron chi connectivity index (χ4n) is 2.57. The van der Waals surface area contributed by atoms with E-state index in [1.165, 1.54) is 32.9 Å². The molecule has 0 nitrogen and oxygen atoms in total.